The SMILES string of the molecule is CCCOc1ccc(C(=O)Oc2ccc(C(=O)c3ccccc3)cc2)cc1. The van der Waals surface area contributed by atoms with Crippen LogP contribution in [0.4, 0.5) is 0 Å². The predicted molar refractivity (Wildman–Crippen MR) is 104 cm³/mol. The van der Waals surface area contributed by atoms with Crippen LogP contribution in [0.1, 0.15) is 39.6 Å². The van der Waals surface area contributed by atoms with Crippen molar-refractivity contribution in [1.29, 1.82) is 0 Å². The lowest BCUT2D eigenvalue weighted by Gasteiger charge is -2.07. The number of rotatable bonds is 7. The van der Waals surface area contributed by atoms with E-state index in [0.29, 0.717) is 29.0 Å². The number of carbonyl (C=O) groups excluding carboxylic acids is 2. The van der Waals surface area contributed by atoms with Gasteiger partial charge >= 0.3 is 5.97 Å². The Bertz CT molecular complexity index is 897. The second-order valence-electron chi connectivity index (χ2n) is 5.98. The number of esters is 1. The van der Waals surface area contributed by atoms with E-state index in [1.807, 2.05) is 25.1 Å². The van der Waals surface area contributed by atoms with E-state index in [4.69, 9.17) is 9.47 Å². The van der Waals surface area contributed by atoms with Gasteiger partial charge in [-0.1, -0.05) is 37.3 Å². The molecular formula is C23H20O4. The molecule has 0 spiro atoms. The van der Waals surface area contributed by atoms with Gasteiger partial charge in [0.1, 0.15) is 11.5 Å². The lowest BCUT2D eigenvalue weighted by molar-refractivity contribution is 0.0734. The van der Waals surface area contributed by atoms with Crippen molar-refractivity contribution in [3.8, 4) is 11.5 Å². The van der Waals surface area contributed by atoms with Gasteiger partial charge in [-0.15, -0.1) is 0 Å². The van der Waals surface area contributed by atoms with Crippen molar-refractivity contribution in [2.45, 2.75) is 13.3 Å². The summed E-state index contributed by atoms with van der Waals surface area (Å²) in [4.78, 5) is 24.6. The summed E-state index contributed by atoms with van der Waals surface area (Å²) in [5.41, 5.74) is 1.59. The molecule has 3 aromatic rings. The van der Waals surface area contributed by atoms with E-state index in [9.17, 15) is 9.59 Å². The molecule has 0 aliphatic rings. The highest BCUT2D eigenvalue weighted by molar-refractivity contribution is 6.09. The number of benzene rings is 3. The maximum atomic E-state index is 12.4. The lowest BCUT2D eigenvalue weighted by Crippen LogP contribution is -2.09. The van der Waals surface area contributed by atoms with Crippen LogP contribution in [0.3, 0.4) is 0 Å². The Morgan fingerprint density at radius 3 is 1.89 bits per heavy atom. The minimum atomic E-state index is -0.459. The van der Waals surface area contributed by atoms with Gasteiger partial charge < -0.3 is 9.47 Å². The molecule has 0 aliphatic heterocycles. The molecule has 0 amide bonds. The van der Waals surface area contributed by atoms with Crippen molar-refractivity contribution in [1.82, 2.24) is 0 Å². The summed E-state index contributed by atoms with van der Waals surface area (Å²) >= 11 is 0. The Morgan fingerprint density at radius 2 is 1.26 bits per heavy atom. The fraction of sp³-hybridized carbons (Fsp3) is 0.130. The monoisotopic (exact) mass is 360 g/mol. The first kappa shape index (κ1) is 18.4. The van der Waals surface area contributed by atoms with Crippen molar-refractivity contribution < 1.29 is 19.1 Å². The van der Waals surface area contributed by atoms with Crippen molar-refractivity contribution in [2.24, 2.45) is 0 Å². The molecule has 3 rings (SSSR count). The summed E-state index contributed by atoms with van der Waals surface area (Å²) in [6.07, 6.45) is 0.923. The fourth-order valence-electron chi connectivity index (χ4n) is 2.50. The highest BCUT2D eigenvalue weighted by Crippen LogP contribution is 2.18. The van der Waals surface area contributed by atoms with E-state index in [-0.39, 0.29) is 5.78 Å². The molecule has 0 fully saturated rings. The molecule has 136 valence electrons. The summed E-state index contributed by atoms with van der Waals surface area (Å²) in [5.74, 6) is 0.573. The minimum absolute atomic E-state index is 0.0730. The highest BCUT2D eigenvalue weighted by Gasteiger charge is 2.11. The quantitative estimate of drug-likeness (QED) is 0.341. The number of hydrogen-bond acceptors (Lipinski definition) is 4. The van der Waals surface area contributed by atoms with Crippen LogP contribution in [0.2, 0.25) is 0 Å². The zero-order valence-corrected chi connectivity index (χ0v) is 15.1. The van der Waals surface area contributed by atoms with Gasteiger partial charge in [0.05, 0.1) is 12.2 Å². The summed E-state index contributed by atoms with van der Waals surface area (Å²) in [5, 5.41) is 0. The summed E-state index contributed by atoms with van der Waals surface area (Å²) in [6, 6.07) is 22.4. The van der Waals surface area contributed by atoms with Crippen LogP contribution >= 0.6 is 0 Å². The average Bonchev–Trinajstić information content (AvgIpc) is 2.73. The predicted octanol–water partition coefficient (Wildman–Crippen LogP) is 4.93. The van der Waals surface area contributed by atoms with E-state index in [1.165, 1.54) is 0 Å². The maximum absolute atomic E-state index is 12.4. The van der Waals surface area contributed by atoms with Gasteiger partial charge in [-0.2, -0.15) is 0 Å². The Balaban J connectivity index is 1.64. The van der Waals surface area contributed by atoms with Crippen LogP contribution in [-0.2, 0) is 0 Å². The van der Waals surface area contributed by atoms with Gasteiger partial charge in [0, 0.05) is 11.1 Å². The fourth-order valence-corrected chi connectivity index (χ4v) is 2.50. The smallest absolute Gasteiger partial charge is 0.343 e. The van der Waals surface area contributed by atoms with Gasteiger partial charge in [-0.05, 0) is 55.0 Å². The van der Waals surface area contributed by atoms with Crippen molar-refractivity contribution >= 4 is 11.8 Å². The topological polar surface area (TPSA) is 52.6 Å². The number of ether oxygens (including phenoxy) is 2. The number of hydrogen-bond donors (Lipinski definition) is 0. The third-order valence-electron chi connectivity index (χ3n) is 3.93. The van der Waals surface area contributed by atoms with Crippen molar-refractivity contribution in [3.05, 3.63) is 95.6 Å². The molecule has 0 saturated heterocycles. The van der Waals surface area contributed by atoms with E-state index < -0.39 is 5.97 Å². The Kier molecular flexibility index (Phi) is 6.00. The van der Waals surface area contributed by atoms with Crippen molar-refractivity contribution in [3.63, 3.8) is 0 Å². The molecule has 27 heavy (non-hydrogen) atoms. The van der Waals surface area contributed by atoms with Gasteiger partial charge in [0.2, 0.25) is 0 Å². The Morgan fingerprint density at radius 1 is 0.704 bits per heavy atom. The molecule has 0 N–H and O–H groups in total. The Labute approximate surface area is 158 Å². The first-order chi connectivity index (χ1) is 13.2. The first-order valence-corrected chi connectivity index (χ1v) is 8.82. The maximum Gasteiger partial charge on any atom is 0.343 e. The van der Waals surface area contributed by atoms with E-state index >= 15 is 0 Å². The second kappa shape index (κ2) is 8.81. The van der Waals surface area contributed by atoms with Crippen LogP contribution in [0.15, 0.2) is 78.9 Å². The van der Waals surface area contributed by atoms with E-state index in [0.717, 1.165) is 12.2 Å². The standard InChI is InChI=1S/C23H20O4/c1-2-16-26-20-12-10-19(11-13-20)23(25)27-21-14-8-18(9-15-21)22(24)17-6-4-3-5-7-17/h3-15H,2,16H2,1H3. The van der Waals surface area contributed by atoms with Crippen LogP contribution in [0.25, 0.3) is 0 Å². The van der Waals surface area contributed by atoms with Crippen molar-refractivity contribution in [2.75, 3.05) is 6.61 Å². The molecule has 0 saturated carbocycles. The van der Waals surface area contributed by atoms with Crippen LogP contribution in [0, 0.1) is 0 Å². The highest BCUT2D eigenvalue weighted by atomic mass is 16.5. The molecule has 0 bridgehead atoms. The van der Waals surface area contributed by atoms with Crippen LogP contribution < -0.4 is 9.47 Å². The van der Waals surface area contributed by atoms with E-state index in [1.54, 1.807) is 60.7 Å². The summed E-state index contributed by atoms with van der Waals surface area (Å²) in [6.45, 7) is 2.67. The number of ketones is 1. The van der Waals surface area contributed by atoms with Gasteiger partial charge in [-0.3, -0.25) is 4.79 Å². The van der Waals surface area contributed by atoms with Gasteiger partial charge in [0.15, 0.2) is 5.78 Å². The minimum Gasteiger partial charge on any atom is -0.494 e. The molecule has 0 atom stereocenters. The third kappa shape index (κ3) is 4.82. The largest absolute Gasteiger partial charge is 0.494 e. The van der Waals surface area contributed by atoms with E-state index in [2.05, 4.69) is 0 Å². The lowest BCUT2D eigenvalue weighted by atomic mass is 10.0. The molecule has 0 radical (unpaired) electrons. The Hall–Kier alpha value is -3.40. The van der Waals surface area contributed by atoms with Crippen LogP contribution in [-0.4, -0.2) is 18.4 Å². The van der Waals surface area contributed by atoms with Gasteiger partial charge in [0.25, 0.3) is 0 Å². The molecule has 0 aliphatic carbocycles. The summed E-state index contributed by atoms with van der Waals surface area (Å²) < 4.78 is 10.9. The molecule has 0 heterocycles. The summed E-state index contributed by atoms with van der Waals surface area (Å²) in [7, 11) is 0. The zero-order valence-electron chi connectivity index (χ0n) is 15.1. The molecule has 4 nitrogen and oxygen atoms in total. The molecule has 3 aromatic carbocycles. The molecular weight excluding hydrogens is 340 g/mol. The number of carbonyl (C=O) groups is 2. The van der Waals surface area contributed by atoms with Gasteiger partial charge in [-0.25, -0.2) is 4.79 Å². The molecule has 0 aromatic heterocycles. The second-order valence-corrected chi connectivity index (χ2v) is 5.98. The molecule has 0 unspecified atom stereocenters. The zero-order chi connectivity index (χ0) is 19.1. The normalized spacial score (nSPS) is 10.3. The van der Waals surface area contributed by atoms with Crippen LogP contribution in [0.5, 0.6) is 11.5 Å². The third-order valence-corrected chi connectivity index (χ3v) is 3.93. The first-order valence-electron chi connectivity index (χ1n) is 8.82. The molecule has 4 heteroatoms. The average molecular weight is 360 g/mol.